The van der Waals surface area contributed by atoms with Gasteiger partial charge in [0.05, 0.1) is 18.6 Å². The van der Waals surface area contributed by atoms with Crippen LogP contribution in [0.1, 0.15) is 24.4 Å². The molecule has 154 valence electrons. The van der Waals surface area contributed by atoms with Crippen LogP contribution >= 0.6 is 23.1 Å². The minimum atomic E-state index is -0.106. The number of ether oxygens (including phenoxy) is 1. The van der Waals surface area contributed by atoms with Crippen LogP contribution in [0, 0.1) is 19.8 Å². The second-order valence-corrected chi connectivity index (χ2v) is 9.19. The number of benzene rings is 1. The molecule has 0 fully saturated rings. The number of nitrogens with zero attached hydrogens (tertiary/aromatic N) is 4. The maximum Gasteiger partial charge on any atom is 0.236 e. The predicted octanol–water partition coefficient (Wildman–Crippen LogP) is 4.41. The molecule has 9 heteroatoms. The number of rotatable bonds is 8. The molecule has 0 aliphatic rings. The number of aromatic nitrogens is 4. The van der Waals surface area contributed by atoms with Gasteiger partial charge < -0.3 is 14.6 Å². The Balaban J connectivity index is 1.76. The maximum atomic E-state index is 12.4. The molecule has 0 aliphatic carbocycles. The molecule has 2 aromatic heterocycles. The summed E-state index contributed by atoms with van der Waals surface area (Å²) in [7, 11) is 1.64. The lowest BCUT2D eigenvalue weighted by Gasteiger charge is -2.13. The van der Waals surface area contributed by atoms with Crippen LogP contribution in [0.25, 0.3) is 11.4 Å². The molecule has 0 saturated heterocycles. The SMILES string of the molecule is COc1cccc(-c2nnc(SCC(=O)Nc3nc(C)c(C)s3)n2CC(C)C)c1. The van der Waals surface area contributed by atoms with Gasteiger partial charge in [-0.2, -0.15) is 0 Å². The van der Waals surface area contributed by atoms with Crippen LogP contribution in [0.3, 0.4) is 0 Å². The van der Waals surface area contributed by atoms with E-state index in [1.165, 1.54) is 23.1 Å². The largest absolute Gasteiger partial charge is 0.497 e. The van der Waals surface area contributed by atoms with Gasteiger partial charge in [0.25, 0.3) is 0 Å². The van der Waals surface area contributed by atoms with E-state index in [1.807, 2.05) is 38.1 Å². The Morgan fingerprint density at radius 3 is 2.76 bits per heavy atom. The monoisotopic (exact) mass is 431 g/mol. The first kappa shape index (κ1) is 21.3. The molecule has 0 bridgehead atoms. The van der Waals surface area contributed by atoms with Crippen molar-refractivity contribution in [3.63, 3.8) is 0 Å². The minimum absolute atomic E-state index is 0.106. The topological polar surface area (TPSA) is 81.9 Å². The first-order chi connectivity index (χ1) is 13.9. The average molecular weight is 432 g/mol. The summed E-state index contributed by atoms with van der Waals surface area (Å²) in [6.07, 6.45) is 0. The Morgan fingerprint density at radius 2 is 2.10 bits per heavy atom. The highest BCUT2D eigenvalue weighted by molar-refractivity contribution is 7.99. The number of carbonyl (C=O) groups is 1. The highest BCUT2D eigenvalue weighted by Gasteiger charge is 2.17. The van der Waals surface area contributed by atoms with Gasteiger partial charge in [0, 0.05) is 17.0 Å². The number of nitrogens with one attached hydrogen (secondary N) is 1. The van der Waals surface area contributed by atoms with Crippen molar-refractivity contribution in [2.75, 3.05) is 18.2 Å². The Kier molecular flexibility index (Phi) is 6.92. The standard InChI is InChI=1S/C20H25N5O2S2/c1-12(2)10-25-18(15-7-6-8-16(9-15)27-5)23-24-20(25)28-11-17(26)22-19-21-13(3)14(4)29-19/h6-9,12H,10-11H2,1-5H3,(H,21,22,26). The third kappa shape index (κ3) is 5.36. The van der Waals surface area contributed by atoms with E-state index in [0.29, 0.717) is 11.0 Å². The summed E-state index contributed by atoms with van der Waals surface area (Å²) in [5.74, 6) is 2.08. The van der Waals surface area contributed by atoms with Gasteiger partial charge in [-0.15, -0.1) is 21.5 Å². The van der Waals surface area contributed by atoms with Crippen LogP contribution in [0.15, 0.2) is 29.4 Å². The summed E-state index contributed by atoms with van der Waals surface area (Å²) in [5.41, 5.74) is 1.88. The molecular weight excluding hydrogens is 406 g/mol. The molecule has 0 aliphatic heterocycles. The van der Waals surface area contributed by atoms with Gasteiger partial charge in [-0.25, -0.2) is 4.98 Å². The van der Waals surface area contributed by atoms with E-state index in [2.05, 4.69) is 38.9 Å². The van der Waals surface area contributed by atoms with Gasteiger partial charge in [0.2, 0.25) is 5.91 Å². The number of thioether (sulfide) groups is 1. The number of hydrogen-bond acceptors (Lipinski definition) is 7. The minimum Gasteiger partial charge on any atom is -0.497 e. The molecule has 1 aromatic carbocycles. The maximum absolute atomic E-state index is 12.4. The zero-order valence-electron chi connectivity index (χ0n) is 17.2. The summed E-state index contributed by atoms with van der Waals surface area (Å²) < 4.78 is 7.39. The van der Waals surface area contributed by atoms with E-state index in [4.69, 9.17) is 4.74 Å². The van der Waals surface area contributed by atoms with E-state index >= 15 is 0 Å². The molecule has 29 heavy (non-hydrogen) atoms. The van der Waals surface area contributed by atoms with Crippen LogP contribution in [0.5, 0.6) is 5.75 Å². The van der Waals surface area contributed by atoms with Crippen LogP contribution < -0.4 is 10.1 Å². The van der Waals surface area contributed by atoms with Crippen molar-refractivity contribution in [3.05, 3.63) is 34.8 Å². The zero-order chi connectivity index (χ0) is 21.0. The highest BCUT2D eigenvalue weighted by atomic mass is 32.2. The number of hydrogen-bond donors (Lipinski definition) is 1. The fourth-order valence-electron chi connectivity index (χ4n) is 2.71. The summed E-state index contributed by atoms with van der Waals surface area (Å²) >= 11 is 2.86. The van der Waals surface area contributed by atoms with Crippen molar-refractivity contribution in [1.82, 2.24) is 19.7 Å². The number of methoxy groups -OCH3 is 1. The van der Waals surface area contributed by atoms with Gasteiger partial charge >= 0.3 is 0 Å². The Labute approximate surface area is 178 Å². The molecule has 2 heterocycles. The number of carbonyl (C=O) groups excluding carboxylic acids is 1. The summed E-state index contributed by atoms with van der Waals surface area (Å²) in [6.45, 7) is 8.97. The molecule has 0 unspecified atom stereocenters. The van der Waals surface area contributed by atoms with Crippen molar-refractivity contribution in [2.45, 2.75) is 39.4 Å². The molecule has 0 atom stereocenters. The average Bonchev–Trinajstić information content (AvgIpc) is 3.22. The molecule has 0 saturated carbocycles. The molecule has 1 N–H and O–H groups in total. The zero-order valence-corrected chi connectivity index (χ0v) is 18.9. The predicted molar refractivity (Wildman–Crippen MR) is 118 cm³/mol. The van der Waals surface area contributed by atoms with E-state index in [9.17, 15) is 4.79 Å². The second-order valence-electron chi connectivity index (χ2n) is 7.04. The fraction of sp³-hybridized carbons (Fsp3) is 0.400. The first-order valence-corrected chi connectivity index (χ1v) is 11.1. The molecule has 1 amide bonds. The third-order valence-corrected chi connectivity index (χ3v) is 6.15. The lowest BCUT2D eigenvalue weighted by molar-refractivity contribution is -0.113. The van der Waals surface area contributed by atoms with E-state index in [1.54, 1.807) is 7.11 Å². The Bertz CT molecular complexity index is 977. The molecule has 3 aromatic rings. The number of aryl methyl sites for hydroxylation is 2. The van der Waals surface area contributed by atoms with Gasteiger partial charge in [-0.3, -0.25) is 4.79 Å². The third-order valence-electron chi connectivity index (χ3n) is 4.20. The van der Waals surface area contributed by atoms with Crippen LogP contribution in [-0.4, -0.2) is 38.5 Å². The van der Waals surface area contributed by atoms with E-state index in [-0.39, 0.29) is 11.7 Å². The van der Waals surface area contributed by atoms with Gasteiger partial charge in [0.15, 0.2) is 16.1 Å². The van der Waals surface area contributed by atoms with Gasteiger partial charge in [-0.1, -0.05) is 37.7 Å². The summed E-state index contributed by atoms with van der Waals surface area (Å²) in [6, 6.07) is 7.75. The number of thiazole rings is 1. The number of amides is 1. The highest BCUT2D eigenvalue weighted by Crippen LogP contribution is 2.28. The molecule has 0 radical (unpaired) electrons. The molecule has 0 spiro atoms. The van der Waals surface area contributed by atoms with Crippen molar-refractivity contribution in [2.24, 2.45) is 5.92 Å². The van der Waals surface area contributed by atoms with Crippen molar-refractivity contribution < 1.29 is 9.53 Å². The normalized spacial score (nSPS) is 11.1. The smallest absolute Gasteiger partial charge is 0.236 e. The van der Waals surface area contributed by atoms with Gasteiger partial charge in [-0.05, 0) is 31.9 Å². The van der Waals surface area contributed by atoms with Crippen LogP contribution in [0.4, 0.5) is 5.13 Å². The molecular formula is C20H25N5O2S2. The Morgan fingerprint density at radius 1 is 1.31 bits per heavy atom. The van der Waals surface area contributed by atoms with Gasteiger partial charge in [0.1, 0.15) is 5.75 Å². The van der Waals surface area contributed by atoms with E-state index < -0.39 is 0 Å². The van der Waals surface area contributed by atoms with Crippen LogP contribution in [-0.2, 0) is 11.3 Å². The molecule has 3 rings (SSSR count). The van der Waals surface area contributed by atoms with Crippen molar-refractivity contribution >= 4 is 34.1 Å². The van der Waals surface area contributed by atoms with Crippen molar-refractivity contribution in [1.29, 1.82) is 0 Å². The lowest BCUT2D eigenvalue weighted by atomic mass is 10.2. The first-order valence-electron chi connectivity index (χ1n) is 9.31. The molecule has 7 nitrogen and oxygen atoms in total. The number of anilines is 1. The second kappa shape index (κ2) is 9.41. The quantitative estimate of drug-likeness (QED) is 0.532. The van der Waals surface area contributed by atoms with Crippen LogP contribution in [0.2, 0.25) is 0 Å². The summed E-state index contributed by atoms with van der Waals surface area (Å²) in [4.78, 5) is 17.8. The fourth-order valence-corrected chi connectivity index (χ4v) is 4.29. The lowest BCUT2D eigenvalue weighted by Crippen LogP contribution is -2.15. The van der Waals surface area contributed by atoms with Crippen molar-refractivity contribution in [3.8, 4) is 17.1 Å². The van der Waals surface area contributed by atoms with E-state index in [0.717, 1.165) is 39.4 Å². The Hall–Kier alpha value is -2.39. The summed E-state index contributed by atoms with van der Waals surface area (Å²) in [5, 5.41) is 12.9.